The number of hydrogen-bond donors (Lipinski definition) is 1. The minimum Gasteiger partial charge on any atom is -0.481 e. The van der Waals surface area contributed by atoms with E-state index in [-0.39, 0.29) is 6.54 Å². The quantitative estimate of drug-likeness (QED) is 0.774. The first-order chi connectivity index (χ1) is 6.85. The van der Waals surface area contributed by atoms with Crippen LogP contribution >= 0.6 is 0 Å². The van der Waals surface area contributed by atoms with Gasteiger partial charge in [-0.3, -0.25) is 4.79 Å². The fourth-order valence-electron chi connectivity index (χ4n) is 1.67. The number of nitrogens with zero attached hydrogens (tertiary/aromatic N) is 1. The van der Waals surface area contributed by atoms with Gasteiger partial charge in [0, 0.05) is 13.1 Å². The lowest BCUT2D eigenvalue weighted by Crippen LogP contribution is -2.44. The lowest BCUT2D eigenvalue weighted by atomic mass is 10.0. The highest BCUT2D eigenvalue weighted by molar-refractivity contribution is 7.89. The molecule has 0 amide bonds. The Hall–Kier alpha value is -0.620. The first-order valence-electron chi connectivity index (χ1n) is 5.07. The fraction of sp³-hybridized carbons (Fsp3) is 0.889. The third-order valence-corrected chi connectivity index (χ3v) is 4.93. The maximum Gasteiger partial charge on any atom is 0.307 e. The summed E-state index contributed by atoms with van der Waals surface area (Å²) in [7, 11) is -3.30. The summed E-state index contributed by atoms with van der Waals surface area (Å²) in [5.74, 6) is -1.45. The van der Waals surface area contributed by atoms with Crippen LogP contribution in [0.4, 0.5) is 0 Å². The van der Waals surface area contributed by atoms with Crippen molar-refractivity contribution in [1.29, 1.82) is 0 Å². The minimum atomic E-state index is -3.30. The normalized spacial score (nSPS) is 24.3. The average molecular weight is 235 g/mol. The molecular formula is C9H17NO4S. The largest absolute Gasteiger partial charge is 0.481 e. The summed E-state index contributed by atoms with van der Waals surface area (Å²) in [6.07, 6.45) is 1.20. The molecule has 0 radical (unpaired) electrons. The highest BCUT2D eigenvalue weighted by Crippen LogP contribution is 2.21. The van der Waals surface area contributed by atoms with E-state index in [2.05, 4.69) is 0 Å². The zero-order valence-electron chi connectivity index (χ0n) is 9.01. The zero-order valence-corrected chi connectivity index (χ0v) is 9.83. The molecule has 0 unspecified atom stereocenters. The number of aliphatic carboxylic acids is 1. The summed E-state index contributed by atoms with van der Waals surface area (Å²) in [5, 5.41) is 8.36. The Morgan fingerprint density at radius 1 is 1.47 bits per heavy atom. The van der Waals surface area contributed by atoms with Crippen molar-refractivity contribution in [2.75, 3.05) is 13.1 Å². The molecule has 1 N–H and O–H groups in total. The van der Waals surface area contributed by atoms with Crippen molar-refractivity contribution in [3.63, 3.8) is 0 Å². The summed E-state index contributed by atoms with van der Waals surface area (Å²) in [6.45, 7) is 3.79. The summed E-state index contributed by atoms with van der Waals surface area (Å²) >= 11 is 0. The molecule has 1 heterocycles. The summed E-state index contributed by atoms with van der Waals surface area (Å²) in [5.41, 5.74) is 0. The number of rotatable bonds is 3. The molecule has 15 heavy (non-hydrogen) atoms. The van der Waals surface area contributed by atoms with Gasteiger partial charge in [0.25, 0.3) is 0 Å². The molecule has 88 valence electrons. The van der Waals surface area contributed by atoms with Crippen LogP contribution in [-0.2, 0) is 14.8 Å². The second-order valence-corrected chi connectivity index (χ2v) is 6.62. The summed E-state index contributed by atoms with van der Waals surface area (Å²) in [6, 6.07) is 0. The molecule has 1 saturated heterocycles. The Morgan fingerprint density at radius 3 is 2.53 bits per heavy atom. The molecule has 1 rings (SSSR count). The summed E-state index contributed by atoms with van der Waals surface area (Å²) < 4.78 is 24.9. The van der Waals surface area contributed by atoms with E-state index in [0.717, 1.165) is 0 Å². The molecule has 1 aliphatic heterocycles. The van der Waals surface area contributed by atoms with Crippen molar-refractivity contribution in [3.05, 3.63) is 0 Å². The standard InChI is InChI=1S/C9H17NO4S/c1-7(2)15(13,14)10-5-3-4-8(6-10)9(11)12/h7-8H,3-6H2,1-2H3,(H,11,12)/t8-/m0/s1. The predicted molar refractivity (Wildman–Crippen MR) is 56.0 cm³/mol. The molecule has 0 bridgehead atoms. The van der Waals surface area contributed by atoms with Crippen molar-refractivity contribution >= 4 is 16.0 Å². The molecule has 0 aliphatic carbocycles. The van der Waals surface area contributed by atoms with Gasteiger partial charge < -0.3 is 5.11 Å². The van der Waals surface area contributed by atoms with Crippen LogP contribution in [0.5, 0.6) is 0 Å². The molecule has 1 fully saturated rings. The second kappa shape index (κ2) is 4.49. The Kier molecular flexibility index (Phi) is 3.72. The molecule has 6 heteroatoms. The number of carboxylic acid groups (broad SMARTS) is 1. The van der Waals surface area contributed by atoms with Gasteiger partial charge in [-0.2, -0.15) is 0 Å². The van der Waals surface area contributed by atoms with Gasteiger partial charge in [0.2, 0.25) is 10.0 Å². The molecule has 1 atom stereocenters. The van der Waals surface area contributed by atoms with Gasteiger partial charge in [0.15, 0.2) is 0 Å². The Balaban J connectivity index is 2.77. The minimum absolute atomic E-state index is 0.121. The molecule has 0 aromatic heterocycles. The number of sulfonamides is 1. The van der Waals surface area contributed by atoms with Crippen LogP contribution in [0.2, 0.25) is 0 Å². The van der Waals surface area contributed by atoms with E-state index in [1.165, 1.54) is 4.31 Å². The molecule has 0 aromatic carbocycles. The predicted octanol–water partition coefficient (Wildman–Crippen LogP) is 0.521. The van der Waals surface area contributed by atoms with E-state index < -0.39 is 27.2 Å². The van der Waals surface area contributed by atoms with Crippen LogP contribution in [0.1, 0.15) is 26.7 Å². The molecule has 5 nitrogen and oxygen atoms in total. The van der Waals surface area contributed by atoms with Gasteiger partial charge in [0.05, 0.1) is 11.2 Å². The smallest absolute Gasteiger partial charge is 0.307 e. The highest BCUT2D eigenvalue weighted by Gasteiger charge is 2.33. The third kappa shape index (κ3) is 2.69. The van der Waals surface area contributed by atoms with Crippen molar-refractivity contribution in [2.24, 2.45) is 5.92 Å². The molecule has 0 saturated carbocycles. The van der Waals surface area contributed by atoms with Crippen LogP contribution < -0.4 is 0 Å². The maximum atomic E-state index is 11.8. The monoisotopic (exact) mass is 235 g/mol. The van der Waals surface area contributed by atoms with Crippen LogP contribution in [0, 0.1) is 5.92 Å². The van der Waals surface area contributed by atoms with Gasteiger partial charge in [-0.05, 0) is 26.7 Å². The van der Waals surface area contributed by atoms with Crippen LogP contribution in [0.3, 0.4) is 0 Å². The molecular weight excluding hydrogens is 218 g/mol. The lowest BCUT2D eigenvalue weighted by molar-refractivity contribution is -0.142. The highest BCUT2D eigenvalue weighted by atomic mass is 32.2. The van der Waals surface area contributed by atoms with Crippen molar-refractivity contribution < 1.29 is 18.3 Å². The van der Waals surface area contributed by atoms with Crippen LogP contribution in [0.15, 0.2) is 0 Å². The van der Waals surface area contributed by atoms with E-state index in [0.29, 0.717) is 19.4 Å². The number of piperidine rings is 1. The summed E-state index contributed by atoms with van der Waals surface area (Å²) in [4.78, 5) is 10.8. The van der Waals surface area contributed by atoms with Gasteiger partial charge in [-0.25, -0.2) is 12.7 Å². The molecule has 0 spiro atoms. The molecule has 0 aromatic rings. The van der Waals surface area contributed by atoms with Crippen molar-refractivity contribution in [2.45, 2.75) is 31.9 Å². The van der Waals surface area contributed by atoms with E-state index in [9.17, 15) is 13.2 Å². The fourth-order valence-corrected chi connectivity index (χ4v) is 3.04. The number of carbonyl (C=O) groups is 1. The Morgan fingerprint density at radius 2 is 2.07 bits per heavy atom. The van der Waals surface area contributed by atoms with Gasteiger partial charge >= 0.3 is 5.97 Å². The van der Waals surface area contributed by atoms with Crippen molar-refractivity contribution in [1.82, 2.24) is 4.31 Å². The number of carboxylic acids is 1. The first kappa shape index (κ1) is 12.4. The average Bonchev–Trinajstić information content (AvgIpc) is 2.17. The Labute approximate surface area is 90.1 Å². The van der Waals surface area contributed by atoms with Gasteiger partial charge in [-0.1, -0.05) is 0 Å². The number of hydrogen-bond acceptors (Lipinski definition) is 3. The van der Waals surface area contributed by atoms with Crippen LogP contribution in [-0.4, -0.2) is 42.1 Å². The van der Waals surface area contributed by atoms with Gasteiger partial charge in [-0.15, -0.1) is 0 Å². The van der Waals surface area contributed by atoms with Crippen molar-refractivity contribution in [3.8, 4) is 0 Å². The van der Waals surface area contributed by atoms with E-state index in [1.807, 2.05) is 0 Å². The third-order valence-electron chi connectivity index (χ3n) is 2.69. The lowest BCUT2D eigenvalue weighted by Gasteiger charge is -2.31. The molecule has 1 aliphatic rings. The van der Waals surface area contributed by atoms with E-state index >= 15 is 0 Å². The van der Waals surface area contributed by atoms with Crippen LogP contribution in [0.25, 0.3) is 0 Å². The van der Waals surface area contributed by atoms with Gasteiger partial charge in [0.1, 0.15) is 0 Å². The topological polar surface area (TPSA) is 74.7 Å². The van der Waals surface area contributed by atoms with E-state index in [4.69, 9.17) is 5.11 Å². The first-order valence-corrected chi connectivity index (χ1v) is 6.57. The maximum absolute atomic E-state index is 11.8. The SMILES string of the molecule is CC(C)S(=O)(=O)N1CCC[C@H](C(=O)O)C1. The Bertz CT molecular complexity index is 336. The van der Waals surface area contributed by atoms with E-state index in [1.54, 1.807) is 13.8 Å². The zero-order chi connectivity index (χ0) is 11.6. The second-order valence-electron chi connectivity index (χ2n) is 4.13.